The van der Waals surface area contributed by atoms with E-state index in [1.165, 1.54) is 18.4 Å². The van der Waals surface area contributed by atoms with Crippen LogP contribution in [0.2, 0.25) is 5.02 Å². The number of aromatic nitrogens is 1. The van der Waals surface area contributed by atoms with E-state index in [1.807, 2.05) is 6.92 Å². The molecular formula is C13H11ClN2O4S. The van der Waals surface area contributed by atoms with Crippen LogP contribution in [0.4, 0.5) is 0 Å². The number of sulfonamides is 1. The SMILES string of the molecule is CCc1nocc1CN1C(=O)c2cccc(Cl)c2S1(=O)=O. The fourth-order valence-corrected chi connectivity index (χ4v) is 4.37. The van der Waals surface area contributed by atoms with Gasteiger partial charge in [-0.3, -0.25) is 4.79 Å². The van der Waals surface area contributed by atoms with Crippen molar-refractivity contribution in [3.8, 4) is 0 Å². The number of nitrogens with zero attached hydrogens (tertiary/aromatic N) is 2. The Hall–Kier alpha value is -1.86. The minimum Gasteiger partial charge on any atom is -0.364 e. The summed E-state index contributed by atoms with van der Waals surface area (Å²) < 4.78 is 30.7. The first kappa shape index (κ1) is 14.1. The molecule has 6 nitrogen and oxygen atoms in total. The van der Waals surface area contributed by atoms with Crippen molar-refractivity contribution >= 4 is 27.5 Å². The molecular weight excluding hydrogens is 316 g/mol. The lowest BCUT2D eigenvalue weighted by atomic mass is 10.2. The highest BCUT2D eigenvalue weighted by atomic mass is 35.5. The zero-order valence-corrected chi connectivity index (χ0v) is 12.6. The van der Waals surface area contributed by atoms with Gasteiger partial charge in [-0.2, -0.15) is 0 Å². The van der Waals surface area contributed by atoms with E-state index in [0.29, 0.717) is 17.7 Å². The summed E-state index contributed by atoms with van der Waals surface area (Å²) in [6.07, 6.45) is 1.94. The summed E-state index contributed by atoms with van der Waals surface area (Å²) in [5.41, 5.74) is 1.29. The molecule has 2 aromatic rings. The van der Waals surface area contributed by atoms with Crippen molar-refractivity contribution in [3.63, 3.8) is 0 Å². The van der Waals surface area contributed by atoms with Gasteiger partial charge in [0.15, 0.2) is 0 Å². The van der Waals surface area contributed by atoms with E-state index in [-0.39, 0.29) is 22.0 Å². The average Bonchev–Trinajstić information content (AvgIpc) is 2.96. The molecule has 8 heteroatoms. The fraction of sp³-hybridized carbons (Fsp3) is 0.231. The van der Waals surface area contributed by atoms with Crippen LogP contribution in [0.25, 0.3) is 0 Å². The average molecular weight is 327 g/mol. The van der Waals surface area contributed by atoms with Gasteiger partial charge in [0.25, 0.3) is 15.9 Å². The van der Waals surface area contributed by atoms with Gasteiger partial charge in [0, 0.05) is 5.56 Å². The third kappa shape index (κ3) is 2.04. The summed E-state index contributed by atoms with van der Waals surface area (Å²) in [4.78, 5) is 12.2. The maximum absolute atomic E-state index is 12.5. The molecule has 0 saturated heterocycles. The molecule has 0 radical (unpaired) electrons. The number of aryl methyl sites for hydroxylation is 1. The van der Waals surface area contributed by atoms with Crippen LogP contribution in [0.3, 0.4) is 0 Å². The first-order chi connectivity index (χ1) is 9.96. The predicted octanol–water partition coefficient (Wildman–Crippen LogP) is 2.24. The van der Waals surface area contributed by atoms with Crippen molar-refractivity contribution in [3.05, 3.63) is 46.3 Å². The lowest BCUT2D eigenvalue weighted by molar-refractivity contribution is 0.0864. The normalized spacial score (nSPS) is 16.3. The highest BCUT2D eigenvalue weighted by molar-refractivity contribution is 7.90. The van der Waals surface area contributed by atoms with Crippen molar-refractivity contribution < 1.29 is 17.7 Å². The topological polar surface area (TPSA) is 80.5 Å². The van der Waals surface area contributed by atoms with E-state index < -0.39 is 15.9 Å². The fourth-order valence-electron chi connectivity index (χ4n) is 2.30. The molecule has 0 atom stereocenters. The second-order valence-corrected chi connectivity index (χ2v) is 6.78. The van der Waals surface area contributed by atoms with Crippen LogP contribution < -0.4 is 0 Å². The number of rotatable bonds is 3. The van der Waals surface area contributed by atoms with Gasteiger partial charge in [-0.05, 0) is 18.6 Å². The molecule has 1 amide bonds. The summed E-state index contributed by atoms with van der Waals surface area (Å²) in [6, 6.07) is 4.45. The zero-order valence-electron chi connectivity index (χ0n) is 11.0. The molecule has 3 rings (SSSR count). The second-order valence-electron chi connectivity index (χ2n) is 4.57. The summed E-state index contributed by atoms with van der Waals surface area (Å²) in [6.45, 7) is 1.76. The number of carbonyl (C=O) groups excluding carboxylic acids is 1. The Balaban J connectivity index is 2.07. The Morgan fingerprint density at radius 2 is 2.14 bits per heavy atom. The molecule has 0 spiro atoms. The molecule has 0 N–H and O–H groups in total. The van der Waals surface area contributed by atoms with Crippen LogP contribution in [0.5, 0.6) is 0 Å². The van der Waals surface area contributed by atoms with Gasteiger partial charge in [-0.1, -0.05) is 29.7 Å². The smallest absolute Gasteiger partial charge is 0.269 e. The van der Waals surface area contributed by atoms with E-state index in [2.05, 4.69) is 5.16 Å². The van der Waals surface area contributed by atoms with Crippen LogP contribution in [0.1, 0.15) is 28.5 Å². The van der Waals surface area contributed by atoms with Gasteiger partial charge in [-0.15, -0.1) is 0 Å². The van der Waals surface area contributed by atoms with Gasteiger partial charge >= 0.3 is 0 Å². The van der Waals surface area contributed by atoms with Crippen LogP contribution >= 0.6 is 11.6 Å². The Morgan fingerprint density at radius 1 is 1.38 bits per heavy atom. The summed E-state index contributed by atoms with van der Waals surface area (Å²) in [7, 11) is -3.94. The van der Waals surface area contributed by atoms with E-state index in [4.69, 9.17) is 16.1 Å². The van der Waals surface area contributed by atoms with Gasteiger partial charge in [0.2, 0.25) is 0 Å². The first-order valence-corrected chi connectivity index (χ1v) is 8.06. The van der Waals surface area contributed by atoms with Crippen molar-refractivity contribution in [2.24, 2.45) is 0 Å². The molecule has 0 bridgehead atoms. The van der Waals surface area contributed by atoms with Crippen LogP contribution in [-0.2, 0) is 23.0 Å². The van der Waals surface area contributed by atoms with Gasteiger partial charge < -0.3 is 4.52 Å². The van der Waals surface area contributed by atoms with Crippen molar-refractivity contribution in [1.29, 1.82) is 0 Å². The quantitative estimate of drug-likeness (QED) is 0.864. The number of hydrogen-bond donors (Lipinski definition) is 0. The van der Waals surface area contributed by atoms with Gasteiger partial charge in [0.1, 0.15) is 11.2 Å². The predicted molar refractivity (Wildman–Crippen MR) is 74.4 cm³/mol. The van der Waals surface area contributed by atoms with E-state index in [0.717, 1.165) is 4.31 Å². The third-order valence-electron chi connectivity index (χ3n) is 3.35. The molecule has 0 unspecified atom stereocenters. The molecule has 110 valence electrons. The largest absolute Gasteiger partial charge is 0.364 e. The summed E-state index contributed by atoms with van der Waals surface area (Å²) >= 11 is 5.94. The maximum Gasteiger partial charge on any atom is 0.269 e. The van der Waals surface area contributed by atoms with E-state index in [1.54, 1.807) is 6.07 Å². The minimum atomic E-state index is -3.94. The summed E-state index contributed by atoms with van der Waals surface area (Å²) in [5.74, 6) is -0.587. The molecule has 21 heavy (non-hydrogen) atoms. The van der Waals surface area contributed by atoms with Gasteiger partial charge in [0.05, 0.1) is 22.8 Å². The van der Waals surface area contributed by atoms with Gasteiger partial charge in [-0.25, -0.2) is 12.7 Å². The van der Waals surface area contributed by atoms with Crippen LogP contribution in [0, 0.1) is 0 Å². The molecule has 0 fully saturated rings. The maximum atomic E-state index is 12.5. The number of amides is 1. The monoisotopic (exact) mass is 326 g/mol. The molecule has 1 aromatic carbocycles. The molecule has 1 aliphatic rings. The van der Waals surface area contributed by atoms with E-state index >= 15 is 0 Å². The minimum absolute atomic E-state index is 0.0457. The van der Waals surface area contributed by atoms with Crippen molar-refractivity contribution in [2.75, 3.05) is 0 Å². The molecule has 1 aliphatic heterocycles. The van der Waals surface area contributed by atoms with E-state index in [9.17, 15) is 13.2 Å². The third-order valence-corrected chi connectivity index (χ3v) is 5.61. The molecule has 0 saturated carbocycles. The van der Waals surface area contributed by atoms with Crippen molar-refractivity contribution in [2.45, 2.75) is 24.8 Å². The van der Waals surface area contributed by atoms with Crippen LogP contribution in [0.15, 0.2) is 33.9 Å². The Kier molecular flexibility index (Phi) is 3.26. The standard InChI is InChI=1S/C13H11ClN2O4S/c1-2-11-8(7-20-15-11)6-16-13(17)9-4-3-5-10(14)12(9)21(16,18)19/h3-5,7H,2,6H2,1H3. The van der Waals surface area contributed by atoms with Crippen molar-refractivity contribution in [1.82, 2.24) is 9.46 Å². The Morgan fingerprint density at radius 3 is 2.81 bits per heavy atom. The summed E-state index contributed by atoms with van der Waals surface area (Å²) in [5, 5.41) is 3.83. The lowest BCUT2D eigenvalue weighted by Crippen LogP contribution is -2.29. The number of hydrogen-bond acceptors (Lipinski definition) is 5. The number of halogens is 1. The highest BCUT2D eigenvalue weighted by Gasteiger charge is 2.43. The number of benzene rings is 1. The second kappa shape index (κ2) is 4.85. The number of fused-ring (bicyclic) bond motifs is 1. The number of carbonyl (C=O) groups is 1. The molecule has 2 heterocycles. The zero-order chi connectivity index (χ0) is 15.2. The molecule has 1 aromatic heterocycles. The highest BCUT2D eigenvalue weighted by Crippen LogP contribution is 2.36. The van der Waals surface area contributed by atoms with Crippen LogP contribution in [-0.4, -0.2) is 23.8 Å². The Labute approximate surface area is 126 Å². The first-order valence-electron chi connectivity index (χ1n) is 6.24. The lowest BCUT2D eigenvalue weighted by Gasteiger charge is -2.14. The molecule has 0 aliphatic carbocycles. The Bertz CT molecular complexity index is 828.